The Labute approximate surface area is 207 Å². The molecule has 35 heavy (non-hydrogen) atoms. The maximum absolute atomic E-state index is 15.2. The average Bonchev–Trinajstić information content (AvgIpc) is 2.82. The third-order valence-electron chi connectivity index (χ3n) is 6.26. The Morgan fingerprint density at radius 2 is 1.43 bits per heavy atom. The number of anilines is 1. The highest BCUT2D eigenvalue weighted by Gasteiger charge is 2.51. The van der Waals surface area contributed by atoms with Crippen LogP contribution in [0.4, 0.5) is 18.9 Å². The molecule has 0 saturated heterocycles. The lowest BCUT2D eigenvalue weighted by molar-refractivity contribution is -0.0433. The first-order valence-corrected chi connectivity index (χ1v) is 13.8. The number of benzene rings is 3. The minimum atomic E-state index is -3.12. The van der Waals surface area contributed by atoms with Gasteiger partial charge in [0.15, 0.2) is 0 Å². The molecule has 3 nitrogen and oxygen atoms in total. The zero-order chi connectivity index (χ0) is 25.7. The van der Waals surface area contributed by atoms with Crippen LogP contribution in [0.15, 0.2) is 78.9 Å². The van der Waals surface area contributed by atoms with E-state index in [1.54, 1.807) is 19.1 Å². The summed E-state index contributed by atoms with van der Waals surface area (Å²) in [5.41, 5.74) is 6.08. The Balaban J connectivity index is 1.78. The van der Waals surface area contributed by atoms with E-state index >= 15 is 8.78 Å². The molecule has 1 atom stereocenters. The van der Waals surface area contributed by atoms with Gasteiger partial charge in [-0.05, 0) is 40.4 Å². The van der Waals surface area contributed by atoms with Crippen molar-refractivity contribution in [2.24, 2.45) is 0 Å². The van der Waals surface area contributed by atoms with Gasteiger partial charge < -0.3 is 15.5 Å². The Bertz CT molecular complexity index is 1050. The summed E-state index contributed by atoms with van der Waals surface area (Å²) in [5.74, 6) is -3.61. The van der Waals surface area contributed by atoms with Crippen LogP contribution < -0.4 is 21.4 Å². The fraction of sp³-hybridized carbons (Fsp3) is 0.357. The maximum Gasteiger partial charge on any atom is 0.281 e. The number of halogens is 3. The Kier molecular flexibility index (Phi) is 8.46. The highest BCUT2D eigenvalue weighted by molar-refractivity contribution is 6.99. The van der Waals surface area contributed by atoms with Gasteiger partial charge >= 0.3 is 0 Å². The maximum atomic E-state index is 15.2. The summed E-state index contributed by atoms with van der Waals surface area (Å²) in [4.78, 5) is 0. The molecule has 0 radical (unpaired) electrons. The lowest BCUT2D eigenvalue weighted by Gasteiger charge is -2.43. The molecule has 0 heterocycles. The van der Waals surface area contributed by atoms with E-state index in [-0.39, 0.29) is 18.2 Å². The second-order valence-corrected chi connectivity index (χ2v) is 14.4. The fourth-order valence-corrected chi connectivity index (χ4v) is 9.09. The molecule has 0 aliphatic rings. The van der Waals surface area contributed by atoms with Crippen LogP contribution in [0.1, 0.15) is 33.3 Å². The van der Waals surface area contributed by atoms with Crippen molar-refractivity contribution in [3.8, 4) is 0 Å². The van der Waals surface area contributed by atoms with Gasteiger partial charge in [0.1, 0.15) is 5.82 Å². The van der Waals surface area contributed by atoms with Gasteiger partial charge in [-0.3, -0.25) is 0 Å². The number of hydrogen-bond donors (Lipinski definition) is 2. The summed E-state index contributed by atoms with van der Waals surface area (Å²) in [6.07, 6.45) is 0.252. The number of alkyl halides is 2. The van der Waals surface area contributed by atoms with Crippen molar-refractivity contribution in [3.05, 3.63) is 90.2 Å². The van der Waals surface area contributed by atoms with E-state index in [9.17, 15) is 4.39 Å². The molecule has 3 N–H and O–H groups in total. The molecule has 0 unspecified atom stereocenters. The zero-order valence-electron chi connectivity index (χ0n) is 20.8. The topological polar surface area (TPSA) is 47.3 Å². The standard InChI is InChI=1S/C28H35F3N2OSi/c1-21(18-22-12-11-17-25(32)26(22)29)33-19-28(30,31)20-34-35(27(2,3)4,23-13-7-5-8-14-23)24-15-9-6-10-16-24/h5-17,21,33H,18-20,32H2,1-4H3/t21-/m1/s1. The van der Waals surface area contributed by atoms with Gasteiger partial charge in [0.2, 0.25) is 0 Å². The largest absolute Gasteiger partial charge is 0.401 e. The fourth-order valence-electron chi connectivity index (χ4n) is 4.51. The van der Waals surface area contributed by atoms with Crippen molar-refractivity contribution in [2.75, 3.05) is 18.9 Å². The van der Waals surface area contributed by atoms with Gasteiger partial charge in [-0.15, -0.1) is 0 Å². The van der Waals surface area contributed by atoms with E-state index in [2.05, 4.69) is 26.1 Å². The average molecular weight is 501 g/mol. The molecule has 3 aromatic carbocycles. The first-order valence-electron chi connectivity index (χ1n) is 11.9. The van der Waals surface area contributed by atoms with Crippen molar-refractivity contribution in [1.29, 1.82) is 0 Å². The highest BCUT2D eigenvalue weighted by Crippen LogP contribution is 2.37. The minimum absolute atomic E-state index is 0.0544. The van der Waals surface area contributed by atoms with Crippen molar-refractivity contribution < 1.29 is 17.6 Å². The van der Waals surface area contributed by atoms with Crippen LogP contribution in [0.2, 0.25) is 5.04 Å². The van der Waals surface area contributed by atoms with Gasteiger partial charge in [-0.2, -0.15) is 0 Å². The Hall–Kier alpha value is -2.61. The predicted molar refractivity (Wildman–Crippen MR) is 141 cm³/mol. The van der Waals surface area contributed by atoms with Crippen molar-refractivity contribution in [1.82, 2.24) is 5.32 Å². The van der Waals surface area contributed by atoms with Gasteiger partial charge in [-0.1, -0.05) is 93.6 Å². The second kappa shape index (κ2) is 11.0. The summed E-state index contributed by atoms with van der Waals surface area (Å²) in [6.45, 7) is 6.62. The minimum Gasteiger partial charge on any atom is -0.401 e. The molecule has 3 aromatic rings. The first kappa shape index (κ1) is 27.0. The quantitative estimate of drug-likeness (QED) is 0.299. The molecule has 0 aliphatic carbocycles. The van der Waals surface area contributed by atoms with E-state index in [1.165, 1.54) is 6.07 Å². The van der Waals surface area contributed by atoms with Crippen LogP contribution in [0, 0.1) is 5.82 Å². The molecule has 0 fully saturated rings. The van der Waals surface area contributed by atoms with Gasteiger partial charge in [0, 0.05) is 6.04 Å². The highest BCUT2D eigenvalue weighted by atomic mass is 28.4. The number of nitrogens with two attached hydrogens (primary N) is 1. The molecule has 0 saturated carbocycles. The Morgan fingerprint density at radius 1 is 0.886 bits per heavy atom. The number of rotatable bonds is 10. The summed E-state index contributed by atoms with van der Waals surface area (Å²) in [5, 5.41) is 4.36. The van der Waals surface area contributed by atoms with Crippen LogP contribution in [0.5, 0.6) is 0 Å². The molecule has 0 bridgehead atoms. The van der Waals surface area contributed by atoms with Crippen molar-refractivity contribution in [2.45, 2.75) is 51.1 Å². The molecule has 0 aliphatic heterocycles. The lowest BCUT2D eigenvalue weighted by atomic mass is 10.1. The number of hydrogen-bond acceptors (Lipinski definition) is 3. The summed E-state index contributed by atoms with van der Waals surface area (Å²) < 4.78 is 50.9. The van der Waals surface area contributed by atoms with E-state index in [4.69, 9.17) is 10.2 Å². The molecule has 3 rings (SSSR count). The SMILES string of the molecule is C[C@H](Cc1cccc(N)c1F)NCC(F)(F)CO[Si](c1ccccc1)(c1ccccc1)C(C)(C)C. The van der Waals surface area contributed by atoms with Gasteiger partial charge in [0.25, 0.3) is 14.2 Å². The molecule has 7 heteroatoms. The normalized spacial score (nSPS) is 13.6. The monoisotopic (exact) mass is 500 g/mol. The molecular weight excluding hydrogens is 465 g/mol. The van der Waals surface area contributed by atoms with Crippen LogP contribution in [0.25, 0.3) is 0 Å². The summed E-state index contributed by atoms with van der Waals surface area (Å²) >= 11 is 0. The molecular formula is C28H35F3N2OSi. The van der Waals surface area contributed by atoms with Crippen LogP contribution in [-0.4, -0.2) is 33.4 Å². The molecule has 0 spiro atoms. The van der Waals surface area contributed by atoms with Crippen LogP contribution in [0.3, 0.4) is 0 Å². The first-order chi connectivity index (χ1) is 16.5. The third-order valence-corrected chi connectivity index (χ3v) is 11.2. The van der Waals surface area contributed by atoms with E-state index in [0.29, 0.717) is 5.56 Å². The van der Waals surface area contributed by atoms with Crippen molar-refractivity contribution >= 4 is 24.4 Å². The smallest absolute Gasteiger partial charge is 0.281 e. The van der Waals surface area contributed by atoms with Crippen LogP contribution in [-0.2, 0) is 10.8 Å². The zero-order valence-corrected chi connectivity index (χ0v) is 21.8. The summed E-state index contributed by atoms with van der Waals surface area (Å²) in [6, 6.07) is 23.8. The number of nitrogen functional groups attached to an aromatic ring is 1. The predicted octanol–water partition coefficient (Wildman–Crippen LogP) is 5.14. The summed E-state index contributed by atoms with van der Waals surface area (Å²) in [7, 11) is -3.06. The molecule has 0 amide bonds. The van der Waals surface area contributed by atoms with Crippen molar-refractivity contribution in [3.63, 3.8) is 0 Å². The van der Waals surface area contributed by atoms with E-state index < -0.39 is 38.2 Å². The van der Waals surface area contributed by atoms with E-state index in [0.717, 1.165) is 10.4 Å². The van der Waals surface area contributed by atoms with Gasteiger partial charge in [-0.25, -0.2) is 13.2 Å². The second-order valence-electron chi connectivity index (χ2n) is 10.1. The van der Waals surface area contributed by atoms with E-state index in [1.807, 2.05) is 60.7 Å². The molecule has 188 valence electrons. The number of nitrogens with one attached hydrogen (secondary N) is 1. The third kappa shape index (κ3) is 6.34. The Morgan fingerprint density at radius 3 is 1.94 bits per heavy atom. The van der Waals surface area contributed by atoms with Gasteiger partial charge in [0.05, 0.1) is 18.8 Å². The van der Waals surface area contributed by atoms with Crippen LogP contribution >= 0.6 is 0 Å². The molecule has 0 aromatic heterocycles. The lowest BCUT2D eigenvalue weighted by Crippen LogP contribution is -2.67.